The Morgan fingerprint density at radius 3 is 2.55 bits per heavy atom. The minimum absolute atomic E-state index is 0.0376. The number of rotatable bonds is 7. The highest BCUT2D eigenvalue weighted by atomic mass is 19.4. The fraction of sp³-hybridized carbons (Fsp3) is 0.476. The Morgan fingerprint density at radius 2 is 1.97 bits per heavy atom. The van der Waals surface area contributed by atoms with Crippen molar-refractivity contribution in [1.29, 1.82) is 0 Å². The van der Waals surface area contributed by atoms with Crippen LogP contribution in [0.2, 0.25) is 0 Å². The van der Waals surface area contributed by atoms with Gasteiger partial charge in [-0.25, -0.2) is 0 Å². The predicted octanol–water partition coefficient (Wildman–Crippen LogP) is 3.45. The van der Waals surface area contributed by atoms with Gasteiger partial charge in [-0.15, -0.1) is 0 Å². The molecule has 0 saturated carbocycles. The van der Waals surface area contributed by atoms with Gasteiger partial charge in [0.15, 0.2) is 5.41 Å². The third kappa shape index (κ3) is 4.64. The number of furan rings is 1. The van der Waals surface area contributed by atoms with Crippen molar-refractivity contribution in [3.05, 3.63) is 60.1 Å². The van der Waals surface area contributed by atoms with Crippen LogP contribution in [0.25, 0.3) is 0 Å². The lowest BCUT2D eigenvalue weighted by atomic mass is 9.85. The summed E-state index contributed by atoms with van der Waals surface area (Å²) in [5.74, 6) is -0.382. The average Bonchev–Trinajstić information content (AvgIpc) is 3.33. The lowest BCUT2D eigenvalue weighted by molar-refractivity contribution is -0.218. The van der Waals surface area contributed by atoms with Crippen LogP contribution in [0.1, 0.15) is 23.8 Å². The quantitative estimate of drug-likeness (QED) is 0.761. The summed E-state index contributed by atoms with van der Waals surface area (Å²) in [6.45, 7) is 0.302. The standard InChI is InChI=1S/C21H26F3N3O2/c1-26(2)17(18-9-6-12-29-18)13-25-19(28)20(21(22,23)24)10-11-27(15-20)14-16-7-4-3-5-8-16/h3-9,12,17H,10-11,13-15H2,1-2H3,(H,25,28). The van der Waals surface area contributed by atoms with Gasteiger partial charge in [0.1, 0.15) is 5.76 Å². The fourth-order valence-electron chi connectivity index (χ4n) is 3.79. The lowest BCUT2D eigenvalue weighted by Gasteiger charge is -2.32. The van der Waals surface area contributed by atoms with E-state index < -0.39 is 17.5 Å². The molecule has 5 nitrogen and oxygen atoms in total. The molecule has 3 rings (SSSR count). The van der Waals surface area contributed by atoms with E-state index >= 15 is 0 Å². The highest BCUT2D eigenvalue weighted by molar-refractivity contribution is 5.84. The Bertz CT molecular complexity index is 793. The number of hydrogen-bond acceptors (Lipinski definition) is 4. The number of likely N-dealkylation sites (N-methyl/N-ethyl adjacent to an activating group) is 1. The Balaban J connectivity index is 1.71. The molecule has 2 aromatic rings. The molecular formula is C21H26F3N3O2. The molecule has 2 unspecified atom stereocenters. The van der Waals surface area contributed by atoms with Gasteiger partial charge in [0.05, 0.1) is 12.3 Å². The summed E-state index contributed by atoms with van der Waals surface area (Å²) in [5, 5.41) is 2.54. The van der Waals surface area contributed by atoms with Crippen LogP contribution < -0.4 is 5.32 Å². The molecule has 0 bridgehead atoms. The molecule has 2 atom stereocenters. The lowest BCUT2D eigenvalue weighted by Crippen LogP contribution is -2.53. The number of benzene rings is 1. The minimum atomic E-state index is -4.62. The Morgan fingerprint density at radius 1 is 1.24 bits per heavy atom. The first-order chi connectivity index (χ1) is 13.7. The van der Waals surface area contributed by atoms with Crippen LogP contribution in [0, 0.1) is 5.41 Å². The number of carbonyl (C=O) groups is 1. The molecule has 0 aliphatic carbocycles. The molecule has 2 heterocycles. The minimum Gasteiger partial charge on any atom is -0.468 e. The molecule has 29 heavy (non-hydrogen) atoms. The fourth-order valence-corrected chi connectivity index (χ4v) is 3.79. The van der Waals surface area contributed by atoms with Crippen LogP contribution in [0.15, 0.2) is 53.1 Å². The molecule has 0 radical (unpaired) electrons. The van der Waals surface area contributed by atoms with Crippen LogP contribution in [-0.2, 0) is 11.3 Å². The number of halogens is 3. The van der Waals surface area contributed by atoms with Gasteiger partial charge in [0, 0.05) is 19.6 Å². The van der Waals surface area contributed by atoms with Crippen molar-refractivity contribution in [2.24, 2.45) is 5.41 Å². The summed E-state index contributed by atoms with van der Waals surface area (Å²) in [6.07, 6.45) is -3.37. The van der Waals surface area contributed by atoms with E-state index in [-0.39, 0.29) is 32.1 Å². The molecule has 1 aromatic carbocycles. The third-order valence-corrected chi connectivity index (χ3v) is 5.53. The van der Waals surface area contributed by atoms with Gasteiger partial charge in [0.2, 0.25) is 5.91 Å². The Hall–Kier alpha value is -2.32. The van der Waals surface area contributed by atoms with E-state index in [1.54, 1.807) is 36.0 Å². The summed E-state index contributed by atoms with van der Waals surface area (Å²) in [6, 6.07) is 12.4. The van der Waals surface area contributed by atoms with Crippen molar-refractivity contribution in [1.82, 2.24) is 15.1 Å². The zero-order valence-electron chi connectivity index (χ0n) is 16.6. The van der Waals surface area contributed by atoms with Gasteiger partial charge < -0.3 is 9.73 Å². The monoisotopic (exact) mass is 409 g/mol. The van der Waals surface area contributed by atoms with Crippen molar-refractivity contribution >= 4 is 5.91 Å². The van der Waals surface area contributed by atoms with Gasteiger partial charge in [-0.1, -0.05) is 30.3 Å². The summed E-state index contributed by atoms with van der Waals surface area (Å²) in [4.78, 5) is 16.3. The largest absolute Gasteiger partial charge is 0.468 e. The second kappa shape index (κ2) is 8.59. The predicted molar refractivity (Wildman–Crippen MR) is 103 cm³/mol. The number of nitrogens with one attached hydrogen (secondary N) is 1. The van der Waals surface area contributed by atoms with Crippen LogP contribution in [0.3, 0.4) is 0 Å². The van der Waals surface area contributed by atoms with E-state index in [4.69, 9.17) is 4.42 Å². The van der Waals surface area contributed by atoms with Gasteiger partial charge in [-0.3, -0.25) is 14.6 Å². The van der Waals surface area contributed by atoms with Crippen molar-refractivity contribution in [3.8, 4) is 0 Å². The highest BCUT2D eigenvalue weighted by Crippen LogP contribution is 2.46. The molecule has 8 heteroatoms. The van der Waals surface area contributed by atoms with Crippen LogP contribution >= 0.6 is 0 Å². The normalized spacial score (nSPS) is 21.4. The van der Waals surface area contributed by atoms with E-state index in [1.165, 1.54) is 6.26 Å². The molecular weight excluding hydrogens is 383 g/mol. The Kier molecular flexibility index (Phi) is 6.33. The number of alkyl halides is 3. The zero-order valence-corrected chi connectivity index (χ0v) is 16.6. The maximum absolute atomic E-state index is 14.0. The van der Waals surface area contributed by atoms with E-state index in [1.807, 2.05) is 30.3 Å². The molecule has 1 saturated heterocycles. The first-order valence-corrected chi connectivity index (χ1v) is 9.54. The first kappa shape index (κ1) is 21.4. The van der Waals surface area contributed by atoms with E-state index in [2.05, 4.69) is 5.32 Å². The van der Waals surface area contributed by atoms with Crippen molar-refractivity contribution in [2.45, 2.75) is 25.2 Å². The molecule has 1 amide bonds. The van der Waals surface area contributed by atoms with Crippen LogP contribution in [-0.4, -0.2) is 55.6 Å². The molecule has 1 aromatic heterocycles. The summed E-state index contributed by atoms with van der Waals surface area (Å²) in [7, 11) is 3.58. The van der Waals surface area contributed by atoms with Crippen LogP contribution in [0.5, 0.6) is 0 Å². The molecule has 1 aliphatic heterocycles. The molecule has 158 valence electrons. The van der Waals surface area contributed by atoms with Gasteiger partial charge in [-0.2, -0.15) is 13.2 Å². The third-order valence-electron chi connectivity index (χ3n) is 5.53. The Labute approximate surface area is 168 Å². The van der Waals surface area contributed by atoms with Crippen molar-refractivity contribution < 1.29 is 22.4 Å². The van der Waals surface area contributed by atoms with E-state index in [0.29, 0.717) is 12.3 Å². The van der Waals surface area contributed by atoms with Gasteiger partial charge >= 0.3 is 6.18 Å². The van der Waals surface area contributed by atoms with Crippen LogP contribution in [0.4, 0.5) is 13.2 Å². The topological polar surface area (TPSA) is 48.7 Å². The number of nitrogens with zero attached hydrogens (tertiary/aromatic N) is 2. The second-order valence-corrected chi connectivity index (χ2v) is 7.73. The highest BCUT2D eigenvalue weighted by Gasteiger charge is 2.62. The van der Waals surface area contributed by atoms with E-state index in [0.717, 1.165) is 5.56 Å². The summed E-state index contributed by atoms with van der Waals surface area (Å²) >= 11 is 0. The van der Waals surface area contributed by atoms with Gasteiger partial charge in [0.25, 0.3) is 0 Å². The first-order valence-electron chi connectivity index (χ1n) is 9.54. The van der Waals surface area contributed by atoms with E-state index in [9.17, 15) is 18.0 Å². The zero-order chi connectivity index (χ0) is 21.1. The van der Waals surface area contributed by atoms with Crippen molar-refractivity contribution in [2.75, 3.05) is 33.7 Å². The molecule has 0 spiro atoms. The molecule has 1 N–H and O–H groups in total. The average molecular weight is 409 g/mol. The van der Waals surface area contributed by atoms with Crippen molar-refractivity contribution in [3.63, 3.8) is 0 Å². The number of carbonyl (C=O) groups excluding carboxylic acids is 1. The maximum Gasteiger partial charge on any atom is 0.404 e. The van der Waals surface area contributed by atoms with Gasteiger partial charge in [-0.05, 0) is 44.8 Å². The summed E-state index contributed by atoms with van der Waals surface area (Å²) in [5.41, 5.74) is -1.47. The second-order valence-electron chi connectivity index (χ2n) is 7.73. The smallest absolute Gasteiger partial charge is 0.404 e. The number of likely N-dealkylation sites (tertiary alicyclic amines) is 1. The maximum atomic E-state index is 14.0. The SMILES string of the molecule is CN(C)C(CNC(=O)C1(C(F)(F)F)CCN(Cc2ccccc2)C1)c1ccco1. The number of amides is 1. The molecule has 1 fully saturated rings. The number of hydrogen-bond donors (Lipinski definition) is 1. The summed E-state index contributed by atoms with van der Waals surface area (Å²) < 4.78 is 47.4. The molecule has 1 aliphatic rings.